The van der Waals surface area contributed by atoms with Gasteiger partial charge in [0.25, 0.3) is 0 Å². The number of unbranched alkanes of at least 4 members (excludes halogenated alkanes) is 2. The van der Waals surface area contributed by atoms with E-state index in [-0.39, 0.29) is 6.04 Å². The molecule has 0 saturated carbocycles. The van der Waals surface area contributed by atoms with Crippen LogP contribution in [0.2, 0.25) is 0 Å². The molecular formula is C16H40N6. The van der Waals surface area contributed by atoms with Crippen molar-refractivity contribution in [3.8, 4) is 0 Å². The van der Waals surface area contributed by atoms with Crippen LogP contribution in [0.3, 0.4) is 0 Å². The van der Waals surface area contributed by atoms with E-state index in [0.717, 1.165) is 84.5 Å². The molecule has 0 spiro atoms. The fourth-order valence-corrected chi connectivity index (χ4v) is 2.26. The minimum absolute atomic E-state index is 0.270. The van der Waals surface area contributed by atoms with Gasteiger partial charge in [0, 0.05) is 12.6 Å². The van der Waals surface area contributed by atoms with E-state index < -0.39 is 0 Å². The van der Waals surface area contributed by atoms with E-state index >= 15 is 0 Å². The zero-order chi connectivity index (χ0) is 16.3. The molecule has 1 atom stereocenters. The van der Waals surface area contributed by atoms with Crippen molar-refractivity contribution in [1.29, 1.82) is 0 Å². The summed E-state index contributed by atoms with van der Waals surface area (Å²) in [4.78, 5) is 0. The van der Waals surface area contributed by atoms with Crippen LogP contribution < -0.4 is 33.2 Å². The van der Waals surface area contributed by atoms with Gasteiger partial charge in [-0.25, -0.2) is 0 Å². The Balaban J connectivity index is 3.05. The topological polar surface area (TPSA) is 114 Å². The minimum atomic E-state index is 0.270. The first-order valence-corrected chi connectivity index (χ1v) is 9.09. The number of hydrogen-bond acceptors (Lipinski definition) is 6. The van der Waals surface area contributed by atoms with Crippen molar-refractivity contribution in [3.05, 3.63) is 0 Å². The molecular weight excluding hydrogens is 276 g/mol. The average molecular weight is 317 g/mol. The lowest BCUT2D eigenvalue weighted by Crippen LogP contribution is -2.35. The smallest absolute Gasteiger partial charge is 0.0165 e. The quantitative estimate of drug-likeness (QED) is 0.194. The second-order valence-corrected chi connectivity index (χ2v) is 5.95. The Labute approximate surface area is 137 Å². The molecule has 0 aromatic heterocycles. The fourth-order valence-electron chi connectivity index (χ4n) is 2.26. The summed E-state index contributed by atoms with van der Waals surface area (Å²) < 4.78 is 0. The minimum Gasteiger partial charge on any atom is -0.330 e. The molecule has 22 heavy (non-hydrogen) atoms. The number of hydrogen-bond donors (Lipinski definition) is 6. The van der Waals surface area contributed by atoms with Gasteiger partial charge in [-0.2, -0.15) is 0 Å². The third kappa shape index (κ3) is 17.8. The van der Waals surface area contributed by atoms with Crippen molar-refractivity contribution in [3.63, 3.8) is 0 Å². The zero-order valence-corrected chi connectivity index (χ0v) is 14.4. The molecule has 6 nitrogen and oxygen atoms in total. The first-order chi connectivity index (χ1) is 10.8. The predicted molar refractivity (Wildman–Crippen MR) is 97.0 cm³/mol. The molecule has 0 heterocycles. The van der Waals surface area contributed by atoms with E-state index in [1.165, 1.54) is 12.8 Å². The molecule has 1 unspecified atom stereocenters. The standard InChI is InChI=1S/C16H40N6/c17-8-2-1-7-16(19)15-22-14-6-13-21-11-4-3-10-20-12-5-9-18/h16,20-22H,1-15,17-19H2. The SMILES string of the molecule is NCCCCC(N)CNCCCNCCCCNCCCN. The van der Waals surface area contributed by atoms with Crippen LogP contribution in [0.4, 0.5) is 0 Å². The Bertz CT molecular complexity index is 203. The van der Waals surface area contributed by atoms with Crippen molar-refractivity contribution in [2.45, 2.75) is 51.0 Å². The van der Waals surface area contributed by atoms with Crippen LogP contribution in [0.1, 0.15) is 44.9 Å². The molecule has 0 aliphatic rings. The molecule has 0 radical (unpaired) electrons. The molecule has 0 rings (SSSR count). The summed E-state index contributed by atoms with van der Waals surface area (Å²) in [6, 6.07) is 0.270. The first-order valence-electron chi connectivity index (χ1n) is 9.09. The largest absolute Gasteiger partial charge is 0.330 e. The normalized spacial score (nSPS) is 12.7. The van der Waals surface area contributed by atoms with Gasteiger partial charge in [-0.1, -0.05) is 6.42 Å². The van der Waals surface area contributed by atoms with Gasteiger partial charge in [0.2, 0.25) is 0 Å². The van der Waals surface area contributed by atoms with E-state index in [0.29, 0.717) is 0 Å². The Morgan fingerprint density at radius 1 is 0.591 bits per heavy atom. The Morgan fingerprint density at radius 3 is 1.77 bits per heavy atom. The van der Waals surface area contributed by atoms with Crippen LogP contribution in [0.25, 0.3) is 0 Å². The van der Waals surface area contributed by atoms with E-state index in [1.54, 1.807) is 0 Å². The van der Waals surface area contributed by atoms with Gasteiger partial charge in [0.15, 0.2) is 0 Å². The van der Waals surface area contributed by atoms with Crippen molar-refractivity contribution in [2.75, 3.05) is 52.4 Å². The molecule has 0 aromatic carbocycles. The maximum absolute atomic E-state index is 6.02. The summed E-state index contributed by atoms with van der Waals surface area (Å²) >= 11 is 0. The lowest BCUT2D eigenvalue weighted by Gasteiger charge is -2.12. The van der Waals surface area contributed by atoms with E-state index in [2.05, 4.69) is 16.0 Å². The van der Waals surface area contributed by atoms with Crippen LogP contribution >= 0.6 is 0 Å². The highest BCUT2D eigenvalue weighted by molar-refractivity contribution is 4.65. The molecule has 9 N–H and O–H groups in total. The maximum atomic E-state index is 6.02. The van der Waals surface area contributed by atoms with E-state index in [9.17, 15) is 0 Å². The highest BCUT2D eigenvalue weighted by atomic mass is 14.9. The van der Waals surface area contributed by atoms with Crippen molar-refractivity contribution in [2.24, 2.45) is 17.2 Å². The van der Waals surface area contributed by atoms with Crippen LogP contribution in [-0.4, -0.2) is 58.4 Å². The Morgan fingerprint density at radius 2 is 1.14 bits per heavy atom. The average Bonchev–Trinajstić information content (AvgIpc) is 2.52. The third-order valence-electron chi connectivity index (χ3n) is 3.66. The van der Waals surface area contributed by atoms with Crippen LogP contribution in [0.5, 0.6) is 0 Å². The molecule has 0 saturated heterocycles. The monoisotopic (exact) mass is 316 g/mol. The summed E-state index contributed by atoms with van der Waals surface area (Å²) in [6.07, 6.45) is 7.98. The summed E-state index contributed by atoms with van der Waals surface area (Å²) in [6.45, 7) is 7.84. The summed E-state index contributed by atoms with van der Waals surface area (Å²) in [5.74, 6) is 0. The van der Waals surface area contributed by atoms with Gasteiger partial charge in [-0.3, -0.25) is 0 Å². The van der Waals surface area contributed by atoms with Gasteiger partial charge in [0.1, 0.15) is 0 Å². The van der Waals surface area contributed by atoms with Crippen molar-refractivity contribution in [1.82, 2.24) is 16.0 Å². The summed E-state index contributed by atoms with van der Waals surface area (Å²) in [7, 11) is 0. The van der Waals surface area contributed by atoms with Crippen molar-refractivity contribution < 1.29 is 0 Å². The Kier molecular flexibility index (Phi) is 18.6. The molecule has 0 aromatic rings. The fraction of sp³-hybridized carbons (Fsp3) is 1.00. The van der Waals surface area contributed by atoms with Crippen LogP contribution in [-0.2, 0) is 0 Å². The molecule has 0 bridgehead atoms. The van der Waals surface area contributed by atoms with Crippen LogP contribution in [0.15, 0.2) is 0 Å². The summed E-state index contributed by atoms with van der Waals surface area (Å²) in [5, 5.41) is 10.3. The maximum Gasteiger partial charge on any atom is 0.0165 e. The molecule has 0 aliphatic heterocycles. The molecule has 0 fully saturated rings. The van der Waals surface area contributed by atoms with Gasteiger partial charge < -0.3 is 33.2 Å². The molecule has 6 heteroatoms. The number of nitrogens with two attached hydrogens (primary N) is 3. The zero-order valence-electron chi connectivity index (χ0n) is 14.4. The molecule has 0 aliphatic carbocycles. The van der Waals surface area contributed by atoms with Crippen LogP contribution in [0, 0.1) is 0 Å². The summed E-state index contributed by atoms with van der Waals surface area (Å²) in [5.41, 5.74) is 16.9. The second kappa shape index (κ2) is 18.8. The lowest BCUT2D eigenvalue weighted by atomic mass is 10.1. The predicted octanol–water partition coefficient (Wildman–Crippen LogP) is -0.269. The van der Waals surface area contributed by atoms with Gasteiger partial charge in [0.05, 0.1) is 0 Å². The Hall–Kier alpha value is -0.240. The van der Waals surface area contributed by atoms with Gasteiger partial charge >= 0.3 is 0 Å². The highest BCUT2D eigenvalue weighted by Gasteiger charge is 2.00. The van der Waals surface area contributed by atoms with Crippen molar-refractivity contribution >= 4 is 0 Å². The first kappa shape index (κ1) is 21.8. The lowest BCUT2D eigenvalue weighted by molar-refractivity contribution is 0.506. The third-order valence-corrected chi connectivity index (χ3v) is 3.66. The molecule has 134 valence electrons. The van der Waals surface area contributed by atoms with E-state index in [4.69, 9.17) is 17.2 Å². The highest BCUT2D eigenvalue weighted by Crippen LogP contribution is 1.96. The van der Waals surface area contributed by atoms with Gasteiger partial charge in [-0.05, 0) is 84.3 Å². The molecule has 0 amide bonds. The number of nitrogens with one attached hydrogen (secondary N) is 3. The van der Waals surface area contributed by atoms with Gasteiger partial charge in [-0.15, -0.1) is 0 Å². The second-order valence-electron chi connectivity index (χ2n) is 5.95. The number of rotatable bonds is 18. The van der Waals surface area contributed by atoms with E-state index in [1.807, 2.05) is 0 Å².